The summed E-state index contributed by atoms with van der Waals surface area (Å²) in [6.07, 6.45) is -3.89. The van der Waals surface area contributed by atoms with Crippen molar-refractivity contribution in [1.29, 1.82) is 0 Å². The van der Waals surface area contributed by atoms with E-state index in [1.54, 1.807) is 20.8 Å². The Morgan fingerprint density at radius 3 is 2.11 bits per heavy atom. The van der Waals surface area contributed by atoms with E-state index in [1.165, 1.54) is 6.07 Å². The Kier molecular flexibility index (Phi) is 3.59. The van der Waals surface area contributed by atoms with E-state index in [1.807, 2.05) is 0 Å². The van der Waals surface area contributed by atoms with Gasteiger partial charge < -0.3 is 10.3 Å². The number of halogens is 3. The molecule has 0 aliphatic rings. The highest BCUT2D eigenvalue weighted by molar-refractivity contribution is 5.84. The van der Waals surface area contributed by atoms with E-state index in [4.69, 9.17) is 5.21 Å². The number of alkyl halides is 3. The van der Waals surface area contributed by atoms with Crippen LogP contribution in [0.1, 0.15) is 37.5 Å². The van der Waals surface area contributed by atoms with Crippen LogP contribution in [0, 0.1) is 0 Å². The van der Waals surface area contributed by atoms with Gasteiger partial charge in [0.1, 0.15) is 5.75 Å². The van der Waals surface area contributed by atoms with Gasteiger partial charge in [-0.2, -0.15) is 13.2 Å². The molecule has 18 heavy (non-hydrogen) atoms. The quantitative estimate of drug-likeness (QED) is 0.461. The summed E-state index contributed by atoms with van der Waals surface area (Å²) in [5.41, 5.74) is -1.43. The molecule has 1 rings (SSSR count). The summed E-state index contributed by atoms with van der Waals surface area (Å²) < 4.78 is 38.3. The third-order valence-electron chi connectivity index (χ3n) is 2.51. The average Bonchev–Trinajstić information content (AvgIpc) is 2.17. The van der Waals surface area contributed by atoms with Gasteiger partial charge in [0, 0.05) is 5.56 Å². The van der Waals surface area contributed by atoms with Crippen molar-refractivity contribution in [2.75, 3.05) is 0 Å². The van der Waals surface area contributed by atoms with E-state index in [0.29, 0.717) is 5.56 Å². The van der Waals surface area contributed by atoms with Crippen LogP contribution in [0.4, 0.5) is 13.2 Å². The molecule has 3 nitrogen and oxygen atoms in total. The SMILES string of the molecule is CC(C)(C)c1cc(C=NO)c(O)c(C(F)(F)F)c1. The maximum Gasteiger partial charge on any atom is 0.419 e. The first-order valence-corrected chi connectivity index (χ1v) is 5.19. The molecular weight excluding hydrogens is 247 g/mol. The van der Waals surface area contributed by atoms with E-state index in [-0.39, 0.29) is 5.56 Å². The van der Waals surface area contributed by atoms with Gasteiger partial charge in [0.2, 0.25) is 0 Å². The van der Waals surface area contributed by atoms with Gasteiger partial charge in [0.25, 0.3) is 0 Å². The number of hydrogen-bond acceptors (Lipinski definition) is 3. The summed E-state index contributed by atoms with van der Waals surface area (Å²) in [5.74, 6) is -0.937. The number of hydrogen-bond donors (Lipinski definition) is 2. The van der Waals surface area contributed by atoms with E-state index < -0.39 is 22.9 Å². The van der Waals surface area contributed by atoms with Crippen molar-refractivity contribution in [3.63, 3.8) is 0 Å². The van der Waals surface area contributed by atoms with Gasteiger partial charge in [-0.15, -0.1) is 0 Å². The first-order chi connectivity index (χ1) is 8.07. The van der Waals surface area contributed by atoms with Crippen LogP contribution in [-0.4, -0.2) is 16.5 Å². The molecule has 2 N–H and O–H groups in total. The highest BCUT2D eigenvalue weighted by atomic mass is 19.4. The van der Waals surface area contributed by atoms with E-state index in [9.17, 15) is 18.3 Å². The largest absolute Gasteiger partial charge is 0.507 e. The van der Waals surface area contributed by atoms with Crippen LogP contribution in [0.3, 0.4) is 0 Å². The molecule has 0 radical (unpaired) electrons. The summed E-state index contributed by atoms with van der Waals surface area (Å²) in [5, 5.41) is 20.6. The smallest absolute Gasteiger partial charge is 0.419 e. The fourth-order valence-corrected chi connectivity index (χ4v) is 1.47. The van der Waals surface area contributed by atoms with Crippen molar-refractivity contribution in [3.05, 3.63) is 28.8 Å². The van der Waals surface area contributed by atoms with Crippen LogP contribution in [0.2, 0.25) is 0 Å². The maximum absolute atomic E-state index is 12.8. The average molecular weight is 261 g/mol. The molecule has 0 saturated heterocycles. The van der Waals surface area contributed by atoms with Gasteiger partial charge in [-0.25, -0.2) is 0 Å². The lowest BCUT2D eigenvalue weighted by Gasteiger charge is -2.22. The Morgan fingerprint density at radius 1 is 1.17 bits per heavy atom. The Labute approximate surface area is 103 Å². The molecule has 6 heteroatoms. The molecule has 0 saturated carbocycles. The van der Waals surface area contributed by atoms with Crippen LogP contribution in [-0.2, 0) is 11.6 Å². The summed E-state index contributed by atoms with van der Waals surface area (Å²) in [6.45, 7) is 5.25. The lowest BCUT2D eigenvalue weighted by atomic mass is 9.84. The van der Waals surface area contributed by atoms with Crippen molar-refractivity contribution in [3.8, 4) is 5.75 Å². The van der Waals surface area contributed by atoms with Gasteiger partial charge in [-0.05, 0) is 23.1 Å². The van der Waals surface area contributed by atoms with Crippen molar-refractivity contribution >= 4 is 6.21 Å². The predicted molar refractivity (Wildman–Crippen MR) is 61.2 cm³/mol. The maximum atomic E-state index is 12.8. The fraction of sp³-hybridized carbons (Fsp3) is 0.417. The monoisotopic (exact) mass is 261 g/mol. The fourth-order valence-electron chi connectivity index (χ4n) is 1.47. The zero-order valence-corrected chi connectivity index (χ0v) is 10.2. The Bertz CT molecular complexity index is 473. The molecule has 0 aliphatic heterocycles. The molecule has 0 fully saturated rings. The molecule has 0 heterocycles. The Balaban J connectivity index is 3.57. The third kappa shape index (κ3) is 2.94. The van der Waals surface area contributed by atoms with Crippen LogP contribution in [0.15, 0.2) is 17.3 Å². The molecule has 0 spiro atoms. The summed E-state index contributed by atoms with van der Waals surface area (Å²) in [4.78, 5) is 0. The number of oxime groups is 1. The number of rotatable bonds is 1. The molecule has 0 aliphatic carbocycles. The summed E-state index contributed by atoms with van der Waals surface area (Å²) >= 11 is 0. The molecule has 1 aromatic carbocycles. The van der Waals surface area contributed by atoms with E-state index in [2.05, 4.69) is 5.16 Å². The first kappa shape index (κ1) is 14.3. The molecule has 0 atom stereocenters. The normalized spacial score (nSPS) is 13.2. The summed E-state index contributed by atoms with van der Waals surface area (Å²) in [6, 6.07) is 2.27. The standard InChI is InChI=1S/C12H14F3NO2/c1-11(2,3)8-4-7(6-16-18)10(17)9(5-8)12(13,14)15/h4-6,17-18H,1-3H3. The number of benzene rings is 1. The highest BCUT2D eigenvalue weighted by Crippen LogP contribution is 2.40. The molecular formula is C12H14F3NO2. The lowest BCUT2D eigenvalue weighted by Crippen LogP contribution is -2.15. The minimum absolute atomic E-state index is 0.169. The first-order valence-electron chi connectivity index (χ1n) is 5.19. The van der Waals surface area contributed by atoms with Gasteiger partial charge in [-0.3, -0.25) is 0 Å². The number of phenolic OH excluding ortho intramolecular Hbond substituents is 1. The minimum atomic E-state index is -4.66. The zero-order chi connectivity index (χ0) is 14.1. The van der Waals surface area contributed by atoms with Gasteiger partial charge in [0.15, 0.2) is 0 Å². The molecule has 1 aromatic rings. The molecule has 100 valence electrons. The number of phenols is 1. The van der Waals surface area contributed by atoms with Crippen molar-refractivity contribution in [2.24, 2.45) is 5.16 Å². The third-order valence-corrected chi connectivity index (χ3v) is 2.51. The Morgan fingerprint density at radius 2 is 1.72 bits per heavy atom. The second-order valence-electron chi connectivity index (χ2n) is 4.95. The number of aromatic hydroxyl groups is 1. The van der Waals surface area contributed by atoms with Crippen LogP contribution in [0.5, 0.6) is 5.75 Å². The van der Waals surface area contributed by atoms with E-state index >= 15 is 0 Å². The molecule has 0 aromatic heterocycles. The van der Waals surface area contributed by atoms with Crippen LogP contribution in [0.25, 0.3) is 0 Å². The topological polar surface area (TPSA) is 52.8 Å². The molecule has 0 bridgehead atoms. The van der Waals surface area contributed by atoms with Crippen molar-refractivity contribution in [2.45, 2.75) is 32.4 Å². The predicted octanol–water partition coefficient (Wildman–Crippen LogP) is 3.52. The van der Waals surface area contributed by atoms with Crippen molar-refractivity contribution in [1.82, 2.24) is 0 Å². The van der Waals surface area contributed by atoms with Crippen LogP contribution < -0.4 is 0 Å². The molecule has 0 unspecified atom stereocenters. The highest BCUT2D eigenvalue weighted by Gasteiger charge is 2.36. The minimum Gasteiger partial charge on any atom is -0.507 e. The number of nitrogens with zero attached hydrogens (tertiary/aromatic N) is 1. The van der Waals surface area contributed by atoms with Gasteiger partial charge in [-0.1, -0.05) is 25.9 Å². The lowest BCUT2D eigenvalue weighted by molar-refractivity contribution is -0.138. The summed E-state index contributed by atoms with van der Waals surface area (Å²) in [7, 11) is 0. The van der Waals surface area contributed by atoms with Gasteiger partial charge in [0.05, 0.1) is 11.8 Å². The second kappa shape index (κ2) is 4.51. The second-order valence-corrected chi connectivity index (χ2v) is 4.95. The van der Waals surface area contributed by atoms with Gasteiger partial charge >= 0.3 is 6.18 Å². The van der Waals surface area contributed by atoms with Crippen molar-refractivity contribution < 1.29 is 23.5 Å². The van der Waals surface area contributed by atoms with Crippen LogP contribution >= 0.6 is 0 Å². The molecule has 0 amide bonds. The Hall–Kier alpha value is -1.72. The van der Waals surface area contributed by atoms with E-state index in [0.717, 1.165) is 12.3 Å². The zero-order valence-electron chi connectivity index (χ0n) is 10.2.